The molecule has 0 fully saturated rings. The average molecular weight is 813 g/mol. The third kappa shape index (κ3) is 5.30. The summed E-state index contributed by atoms with van der Waals surface area (Å²) in [5.74, 6) is -2.19. The van der Waals surface area contributed by atoms with Gasteiger partial charge < -0.3 is 9.47 Å². The maximum Gasteiger partial charge on any atom is 0.553 e. The molecule has 0 N–H and O–H groups in total. The molecule has 2 aromatic rings. The number of ketones is 1. The number of aldehydes is 1. The summed E-state index contributed by atoms with van der Waals surface area (Å²) in [6.45, 7) is 19.8. The number of carbonyl (C=O) groups is 4. The van der Waals surface area contributed by atoms with Crippen molar-refractivity contribution in [2.45, 2.75) is 126 Å². The normalized spacial score (nSPS) is 24.2. The van der Waals surface area contributed by atoms with Crippen molar-refractivity contribution in [1.82, 2.24) is 9.13 Å². The molecule has 314 valence electrons. The van der Waals surface area contributed by atoms with E-state index in [0.29, 0.717) is 23.1 Å². The van der Waals surface area contributed by atoms with E-state index < -0.39 is 17.8 Å². The summed E-state index contributed by atoms with van der Waals surface area (Å²) in [6.07, 6.45) is 18.2. The maximum absolute atomic E-state index is 14.8. The van der Waals surface area contributed by atoms with Crippen molar-refractivity contribution in [3.63, 3.8) is 0 Å². The number of hydrogen-bond donors (Lipinski definition) is 0. The van der Waals surface area contributed by atoms with Crippen LogP contribution in [0.5, 0.6) is 0 Å². The molecule has 5 atom stereocenters. The van der Waals surface area contributed by atoms with Crippen LogP contribution in [-0.4, -0.2) is 67.4 Å². The van der Waals surface area contributed by atoms with Crippen molar-refractivity contribution in [1.29, 1.82) is 0 Å². The molecule has 6 aliphatic heterocycles. The van der Waals surface area contributed by atoms with Gasteiger partial charge in [0, 0.05) is 29.7 Å². The Balaban J connectivity index is 1.11. The van der Waals surface area contributed by atoms with E-state index in [1.165, 1.54) is 43.9 Å². The highest BCUT2D eigenvalue weighted by molar-refractivity contribution is 6.31. The van der Waals surface area contributed by atoms with E-state index in [1.54, 1.807) is 0 Å². The Hall–Kier alpha value is -5.12. The van der Waals surface area contributed by atoms with Crippen LogP contribution >= 0.6 is 0 Å². The van der Waals surface area contributed by atoms with Crippen molar-refractivity contribution in [2.24, 2.45) is 29.6 Å². The van der Waals surface area contributed by atoms with Gasteiger partial charge in [-0.25, -0.2) is 0 Å². The summed E-state index contributed by atoms with van der Waals surface area (Å²) in [5, 5.41) is 2.09. The van der Waals surface area contributed by atoms with Gasteiger partial charge in [0.05, 0.1) is 41.0 Å². The number of aromatic nitrogens is 2. The van der Waals surface area contributed by atoms with Gasteiger partial charge >= 0.3 is 17.8 Å². The first kappa shape index (κ1) is 40.3. The molecular formula is C50H60N4O6+2. The van der Waals surface area contributed by atoms with E-state index in [4.69, 9.17) is 9.47 Å². The lowest BCUT2D eigenvalue weighted by atomic mass is 9.81. The standard InChI is InChI=1S/C50H60N4O6/c1-11-33-29(6)37-23-41-35(25-55)31(8)36-22-38-30(7)34(18-19-42(56)60-21-20-28(5)17-13-16-27(4)15-12-14-26(2)3)46-44-45(49(58)59-10)48(57)43-32(9)39-24-40(33)51(37)50(52(36)41,53(38)46)54(39)47(43)44/h20,22-27,30,34,45H,11-19,21H2,1-10H3/q+2/b28-20+/t27-,30+,34+,45?,50-/m1/s1. The SMILES string of the molecule is CCc1c(C)c2n3c1=CC1=[N+]4C5=C(C6=[N+]7C(=Cc8c(C)c(C=O)c(n8[C@@]347)C=2)[C@@H](C)[C@@H]6CCC(=O)OC/C=C(\C)CCC[C@H](C)CCCC(C)C)C(C(=O)OC)C(=O)C5=C1C. The molecule has 10 nitrogen and oxygen atoms in total. The zero-order chi connectivity index (χ0) is 42.7. The van der Waals surface area contributed by atoms with Crippen LogP contribution in [0.3, 0.4) is 0 Å². The third-order valence-electron chi connectivity index (χ3n) is 14.9. The highest BCUT2D eigenvalue weighted by Gasteiger charge is 2.78. The summed E-state index contributed by atoms with van der Waals surface area (Å²) in [4.78, 5) is 55.2. The fourth-order valence-electron chi connectivity index (χ4n) is 11.8. The fourth-order valence-corrected chi connectivity index (χ4v) is 11.8. The van der Waals surface area contributed by atoms with E-state index in [1.807, 2.05) is 19.9 Å². The minimum atomic E-state index is -1.13. The summed E-state index contributed by atoms with van der Waals surface area (Å²) in [6, 6.07) is 0. The van der Waals surface area contributed by atoms with E-state index in [-0.39, 0.29) is 36.6 Å². The molecule has 8 heterocycles. The number of ether oxygens (including phenoxy) is 2. The number of hydrogen-bond acceptors (Lipinski definition) is 6. The Kier molecular flexibility index (Phi) is 9.75. The zero-order valence-electron chi connectivity index (χ0n) is 37.1. The topological polar surface area (TPSA) is 103 Å². The minimum absolute atomic E-state index is 0.103. The number of Topliss-reactive ketones (excluding diaryl/α,β-unsaturated/α-hetero) is 1. The molecule has 60 heavy (non-hydrogen) atoms. The molecule has 0 amide bonds. The van der Waals surface area contributed by atoms with Gasteiger partial charge in [-0.05, 0) is 94.1 Å². The Morgan fingerprint density at radius 1 is 0.950 bits per heavy atom. The van der Waals surface area contributed by atoms with Gasteiger partial charge in [0.25, 0.3) is 0 Å². The number of allylic oxidation sites excluding steroid dienone is 4. The molecule has 0 bridgehead atoms. The number of rotatable bonds is 16. The van der Waals surface area contributed by atoms with Gasteiger partial charge in [-0.15, -0.1) is 0 Å². The first-order valence-electron chi connectivity index (χ1n) is 22.3. The van der Waals surface area contributed by atoms with Crippen molar-refractivity contribution < 1.29 is 37.8 Å². The smallest absolute Gasteiger partial charge is 0.468 e. The predicted molar refractivity (Wildman–Crippen MR) is 231 cm³/mol. The Labute approximate surface area is 353 Å². The van der Waals surface area contributed by atoms with Crippen molar-refractivity contribution >= 4 is 53.7 Å². The van der Waals surface area contributed by atoms with Gasteiger partial charge in [-0.1, -0.05) is 75.0 Å². The number of nitrogens with zero attached hydrogens (tertiary/aromatic N) is 4. The van der Waals surface area contributed by atoms with Gasteiger partial charge in [-0.3, -0.25) is 19.2 Å². The molecule has 0 aromatic carbocycles. The van der Waals surface area contributed by atoms with Crippen LogP contribution < -0.4 is 10.7 Å². The molecule has 0 saturated heterocycles. The van der Waals surface area contributed by atoms with Crippen LogP contribution in [0.15, 0.2) is 39.8 Å². The lowest BCUT2D eigenvalue weighted by molar-refractivity contribution is -0.839. The van der Waals surface area contributed by atoms with E-state index in [9.17, 15) is 19.2 Å². The van der Waals surface area contributed by atoms with Crippen molar-refractivity contribution in [3.05, 3.63) is 84.1 Å². The van der Waals surface area contributed by atoms with Gasteiger partial charge in [0.1, 0.15) is 17.8 Å². The summed E-state index contributed by atoms with van der Waals surface area (Å²) in [7, 11) is 1.34. The largest absolute Gasteiger partial charge is 0.553 e. The van der Waals surface area contributed by atoms with Crippen molar-refractivity contribution in [2.75, 3.05) is 13.7 Å². The lowest BCUT2D eigenvalue weighted by Crippen LogP contribution is -2.70. The minimum Gasteiger partial charge on any atom is -0.468 e. The third-order valence-corrected chi connectivity index (χ3v) is 14.9. The molecule has 10 heteroatoms. The summed E-state index contributed by atoms with van der Waals surface area (Å²) < 4.78 is 20.6. The molecule has 2 aromatic heterocycles. The van der Waals surface area contributed by atoms with Crippen LogP contribution in [0.4, 0.5) is 0 Å². The second-order valence-electron chi connectivity index (χ2n) is 18.8. The number of esters is 2. The second-order valence-corrected chi connectivity index (χ2v) is 18.8. The average Bonchev–Trinajstić information content (AvgIpc) is 3.94. The lowest BCUT2D eigenvalue weighted by Gasteiger charge is -2.38. The number of fused-ring (bicyclic) bond motifs is 1. The summed E-state index contributed by atoms with van der Waals surface area (Å²) >= 11 is 0. The molecule has 9 rings (SSSR count). The van der Waals surface area contributed by atoms with Crippen molar-refractivity contribution in [3.8, 4) is 0 Å². The van der Waals surface area contributed by atoms with Gasteiger partial charge in [0.15, 0.2) is 23.7 Å². The van der Waals surface area contributed by atoms with E-state index in [0.717, 1.165) is 99.0 Å². The number of carbonyl (C=O) groups excluding carboxylic acids is 4. The number of methoxy groups -OCH3 is 1. The first-order valence-corrected chi connectivity index (χ1v) is 22.3. The Morgan fingerprint density at radius 3 is 2.40 bits per heavy atom. The fraction of sp³-hybridized carbons (Fsp3) is 0.520. The highest BCUT2D eigenvalue weighted by Crippen LogP contribution is 2.57. The van der Waals surface area contributed by atoms with Gasteiger partial charge in [-0.2, -0.15) is 9.13 Å². The Bertz CT molecular complexity index is 2670. The monoisotopic (exact) mass is 812 g/mol. The van der Waals surface area contributed by atoms with Crippen LogP contribution in [0.25, 0.3) is 18.2 Å². The summed E-state index contributed by atoms with van der Waals surface area (Å²) in [5.41, 5.74) is 12.5. The molecule has 0 radical (unpaired) electrons. The van der Waals surface area contributed by atoms with Crippen LogP contribution in [0.2, 0.25) is 0 Å². The predicted octanol–water partition coefficient (Wildman–Crippen LogP) is 6.73. The van der Waals surface area contributed by atoms with E-state index >= 15 is 0 Å². The van der Waals surface area contributed by atoms with Crippen LogP contribution in [-0.2, 0) is 36.2 Å². The Morgan fingerprint density at radius 2 is 1.70 bits per heavy atom. The molecular weight excluding hydrogens is 753 g/mol. The van der Waals surface area contributed by atoms with Gasteiger partial charge in [0.2, 0.25) is 17.1 Å². The molecule has 0 saturated carbocycles. The highest BCUT2D eigenvalue weighted by atomic mass is 16.5. The molecule has 7 aliphatic rings. The quantitative estimate of drug-likeness (QED) is 0.0613. The second kappa shape index (κ2) is 14.5. The van der Waals surface area contributed by atoms with E-state index in [2.05, 4.69) is 85.0 Å². The maximum atomic E-state index is 14.8. The molecule has 1 aliphatic carbocycles. The molecule has 1 spiro atoms. The van der Waals surface area contributed by atoms with Crippen LogP contribution in [0.1, 0.15) is 138 Å². The molecule has 1 unspecified atom stereocenters. The first-order chi connectivity index (χ1) is 28.7. The zero-order valence-corrected chi connectivity index (χ0v) is 37.1. The van der Waals surface area contributed by atoms with Crippen LogP contribution in [0, 0.1) is 43.4 Å².